The third-order valence-electron chi connectivity index (χ3n) is 3.28. The number of hydrogen-bond donors (Lipinski definition) is 1. The highest BCUT2D eigenvalue weighted by Gasteiger charge is 2.39. The molecule has 1 N–H and O–H groups in total. The normalized spacial score (nSPS) is 21.6. The number of benzene rings is 1. The minimum absolute atomic E-state index is 0.0308. The molecule has 1 heterocycles. The fourth-order valence-corrected chi connectivity index (χ4v) is 2.18. The van der Waals surface area contributed by atoms with Gasteiger partial charge < -0.3 is 5.32 Å². The van der Waals surface area contributed by atoms with Gasteiger partial charge in [-0.2, -0.15) is 13.2 Å². The maximum atomic E-state index is 12.5. The molecule has 1 aromatic carbocycles. The number of alkyl halides is 3. The van der Waals surface area contributed by atoms with Crippen molar-refractivity contribution in [2.45, 2.75) is 24.6 Å². The van der Waals surface area contributed by atoms with Crippen molar-refractivity contribution in [1.82, 2.24) is 9.97 Å². The SMILES string of the molecule is FC(F)(F)c1ccnc(N[C@@H]2C[C@@H]2c2ccccc2)n1. The average Bonchev–Trinajstić information content (AvgIpc) is 3.18. The number of anilines is 1. The summed E-state index contributed by atoms with van der Waals surface area (Å²) in [5.74, 6) is 0.345. The molecule has 1 fully saturated rings. The molecule has 104 valence electrons. The summed E-state index contributed by atoms with van der Waals surface area (Å²) in [7, 11) is 0. The smallest absolute Gasteiger partial charge is 0.351 e. The standard InChI is InChI=1S/C14H12F3N3/c15-14(16,17)12-6-7-18-13(20-12)19-11-8-10(11)9-4-2-1-3-5-9/h1-7,10-11H,8H2,(H,18,19,20)/t10-,11-/m1/s1. The van der Waals surface area contributed by atoms with E-state index >= 15 is 0 Å². The van der Waals surface area contributed by atoms with Gasteiger partial charge in [-0.3, -0.25) is 0 Å². The second kappa shape index (κ2) is 4.77. The lowest BCUT2D eigenvalue weighted by molar-refractivity contribution is -0.141. The van der Waals surface area contributed by atoms with E-state index in [0.29, 0.717) is 5.92 Å². The Bertz CT molecular complexity index is 598. The van der Waals surface area contributed by atoms with Crippen molar-refractivity contribution >= 4 is 5.95 Å². The molecule has 1 saturated carbocycles. The Kier molecular flexibility index (Phi) is 3.08. The maximum Gasteiger partial charge on any atom is 0.433 e. The van der Waals surface area contributed by atoms with Gasteiger partial charge in [-0.1, -0.05) is 30.3 Å². The zero-order valence-electron chi connectivity index (χ0n) is 10.4. The first-order valence-electron chi connectivity index (χ1n) is 6.26. The Hall–Kier alpha value is -2.11. The summed E-state index contributed by atoms with van der Waals surface area (Å²) in [6.07, 6.45) is -2.44. The van der Waals surface area contributed by atoms with Gasteiger partial charge in [0.25, 0.3) is 0 Å². The molecule has 1 aliphatic carbocycles. The number of rotatable bonds is 3. The number of nitrogens with one attached hydrogen (secondary N) is 1. The molecule has 3 nitrogen and oxygen atoms in total. The van der Waals surface area contributed by atoms with Gasteiger partial charge in [0, 0.05) is 18.2 Å². The van der Waals surface area contributed by atoms with Gasteiger partial charge in [0.2, 0.25) is 5.95 Å². The van der Waals surface area contributed by atoms with Crippen molar-refractivity contribution in [3.05, 3.63) is 53.9 Å². The lowest BCUT2D eigenvalue weighted by Gasteiger charge is -2.08. The van der Waals surface area contributed by atoms with E-state index in [0.717, 1.165) is 18.7 Å². The number of halogens is 3. The topological polar surface area (TPSA) is 37.8 Å². The van der Waals surface area contributed by atoms with Crippen LogP contribution in [-0.4, -0.2) is 16.0 Å². The van der Waals surface area contributed by atoms with Crippen molar-refractivity contribution < 1.29 is 13.2 Å². The van der Waals surface area contributed by atoms with Gasteiger partial charge in [0.1, 0.15) is 5.69 Å². The van der Waals surface area contributed by atoms with Crippen molar-refractivity contribution in [3.63, 3.8) is 0 Å². The van der Waals surface area contributed by atoms with Gasteiger partial charge in [-0.25, -0.2) is 9.97 Å². The van der Waals surface area contributed by atoms with Crippen LogP contribution in [0.25, 0.3) is 0 Å². The van der Waals surface area contributed by atoms with E-state index < -0.39 is 11.9 Å². The Labute approximate surface area is 113 Å². The Morgan fingerprint density at radius 1 is 1.10 bits per heavy atom. The Morgan fingerprint density at radius 3 is 2.55 bits per heavy atom. The predicted octanol–water partition coefficient (Wildman–Crippen LogP) is 3.46. The van der Waals surface area contributed by atoms with Crippen molar-refractivity contribution in [3.8, 4) is 0 Å². The minimum Gasteiger partial charge on any atom is -0.351 e. The molecule has 2 aromatic rings. The van der Waals surface area contributed by atoms with Crippen LogP contribution < -0.4 is 5.32 Å². The summed E-state index contributed by atoms with van der Waals surface area (Å²) in [4.78, 5) is 7.34. The zero-order chi connectivity index (χ0) is 14.2. The lowest BCUT2D eigenvalue weighted by atomic mass is 10.1. The van der Waals surface area contributed by atoms with E-state index in [1.807, 2.05) is 30.3 Å². The maximum absolute atomic E-state index is 12.5. The van der Waals surface area contributed by atoms with Crippen LogP contribution in [0.1, 0.15) is 23.6 Å². The first kappa shape index (κ1) is 12.9. The van der Waals surface area contributed by atoms with E-state index in [1.54, 1.807) is 0 Å². The van der Waals surface area contributed by atoms with Crippen LogP contribution in [0.15, 0.2) is 42.6 Å². The average molecular weight is 279 g/mol. The molecule has 0 aliphatic heterocycles. The molecule has 0 saturated heterocycles. The second-order valence-electron chi connectivity index (χ2n) is 4.77. The van der Waals surface area contributed by atoms with Crippen LogP contribution in [0.2, 0.25) is 0 Å². The summed E-state index contributed by atoms with van der Waals surface area (Å²) < 4.78 is 37.6. The third-order valence-corrected chi connectivity index (χ3v) is 3.28. The van der Waals surface area contributed by atoms with E-state index in [2.05, 4.69) is 15.3 Å². The van der Waals surface area contributed by atoms with Crippen molar-refractivity contribution in [2.75, 3.05) is 5.32 Å². The molecule has 6 heteroatoms. The number of aromatic nitrogens is 2. The predicted molar refractivity (Wildman–Crippen MR) is 68.2 cm³/mol. The highest BCUT2D eigenvalue weighted by atomic mass is 19.4. The molecule has 1 aromatic heterocycles. The van der Waals surface area contributed by atoms with Gasteiger partial charge >= 0.3 is 6.18 Å². The summed E-state index contributed by atoms with van der Waals surface area (Å²) in [6, 6.07) is 10.8. The number of hydrogen-bond acceptors (Lipinski definition) is 3. The highest BCUT2D eigenvalue weighted by molar-refractivity contribution is 5.37. The van der Waals surface area contributed by atoms with E-state index in [4.69, 9.17) is 0 Å². The van der Waals surface area contributed by atoms with Crippen LogP contribution in [0, 0.1) is 0 Å². The van der Waals surface area contributed by atoms with Crippen LogP contribution >= 0.6 is 0 Å². The number of nitrogens with zero attached hydrogens (tertiary/aromatic N) is 2. The summed E-state index contributed by atoms with van der Waals surface area (Å²) in [5.41, 5.74) is 0.254. The molecule has 2 atom stereocenters. The fourth-order valence-electron chi connectivity index (χ4n) is 2.18. The van der Waals surface area contributed by atoms with Crippen molar-refractivity contribution in [1.29, 1.82) is 0 Å². The van der Waals surface area contributed by atoms with E-state index in [1.165, 1.54) is 5.56 Å². The minimum atomic E-state index is -4.44. The molecular formula is C14H12F3N3. The van der Waals surface area contributed by atoms with Crippen LogP contribution in [0.3, 0.4) is 0 Å². The van der Waals surface area contributed by atoms with Gasteiger partial charge in [0.05, 0.1) is 0 Å². The van der Waals surface area contributed by atoms with Crippen molar-refractivity contribution in [2.24, 2.45) is 0 Å². The third kappa shape index (κ3) is 2.74. The van der Waals surface area contributed by atoms with Crippen LogP contribution in [0.5, 0.6) is 0 Å². The van der Waals surface area contributed by atoms with Gasteiger partial charge in [0.15, 0.2) is 0 Å². The molecule has 0 unspecified atom stereocenters. The van der Waals surface area contributed by atoms with Gasteiger partial charge in [-0.15, -0.1) is 0 Å². The first-order chi connectivity index (χ1) is 9.54. The Morgan fingerprint density at radius 2 is 1.85 bits per heavy atom. The quantitative estimate of drug-likeness (QED) is 0.935. The van der Waals surface area contributed by atoms with E-state index in [-0.39, 0.29) is 12.0 Å². The zero-order valence-corrected chi connectivity index (χ0v) is 10.4. The summed E-state index contributed by atoms with van der Waals surface area (Å²) >= 11 is 0. The highest BCUT2D eigenvalue weighted by Crippen LogP contribution is 2.42. The van der Waals surface area contributed by atoms with Crippen LogP contribution in [0.4, 0.5) is 19.1 Å². The largest absolute Gasteiger partial charge is 0.433 e. The van der Waals surface area contributed by atoms with Crippen LogP contribution in [-0.2, 0) is 6.18 Å². The summed E-state index contributed by atoms with van der Waals surface area (Å²) in [5, 5.41) is 2.95. The molecule has 0 spiro atoms. The first-order valence-corrected chi connectivity index (χ1v) is 6.26. The molecule has 20 heavy (non-hydrogen) atoms. The molecule has 0 radical (unpaired) electrons. The Balaban J connectivity index is 1.69. The fraction of sp³-hybridized carbons (Fsp3) is 0.286. The monoisotopic (exact) mass is 279 g/mol. The summed E-state index contributed by atoms with van der Waals surface area (Å²) in [6.45, 7) is 0. The molecule has 1 aliphatic rings. The molecular weight excluding hydrogens is 267 g/mol. The van der Waals surface area contributed by atoms with E-state index in [9.17, 15) is 13.2 Å². The molecule has 0 amide bonds. The lowest BCUT2D eigenvalue weighted by Crippen LogP contribution is -2.13. The second-order valence-corrected chi connectivity index (χ2v) is 4.77. The molecule has 3 rings (SSSR count). The molecule has 0 bridgehead atoms. The van der Waals surface area contributed by atoms with Gasteiger partial charge in [-0.05, 0) is 18.1 Å².